The summed E-state index contributed by atoms with van der Waals surface area (Å²) in [6.45, 7) is 13.4. The third-order valence-corrected chi connectivity index (χ3v) is 11.2. The summed E-state index contributed by atoms with van der Waals surface area (Å²) in [7, 11) is 3.34. The Balaban J connectivity index is 1.30. The van der Waals surface area contributed by atoms with Crippen molar-refractivity contribution >= 4 is 17.2 Å². The number of aliphatic hydroxyl groups excluding tert-OH is 1. The molecule has 1 fully saturated rings. The minimum atomic E-state index is -1.22. The lowest BCUT2D eigenvalue weighted by molar-refractivity contribution is -0.146. The molecule has 4 heterocycles. The van der Waals surface area contributed by atoms with Crippen LogP contribution >= 0.6 is 0 Å². The first-order chi connectivity index (χ1) is 23.3. The van der Waals surface area contributed by atoms with Crippen molar-refractivity contribution in [3.05, 3.63) is 107 Å². The number of ether oxygens (including phenoxy) is 3. The van der Waals surface area contributed by atoms with Crippen molar-refractivity contribution in [1.82, 2.24) is 15.0 Å². The first-order valence-electron chi connectivity index (χ1n) is 17.1. The zero-order valence-corrected chi connectivity index (χ0v) is 29.6. The molecular formula is C40H46N4O5. The molecule has 0 radical (unpaired) electrons. The number of aromatic nitrogens is 3. The van der Waals surface area contributed by atoms with Crippen molar-refractivity contribution in [2.75, 3.05) is 19.1 Å². The van der Waals surface area contributed by atoms with Gasteiger partial charge in [0.05, 0.1) is 37.7 Å². The van der Waals surface area contributed by atoms with Gasteiger partial charge < -0.3 is 19.3 Å². The second-order valence-electron chi connectivity index (χ2n) is 14.9. The van der Waals surface area contributed by atoms with Crippen LogP contribution in [0.4, 0.5) is 5.69 Å². The maximum absolute atomic E-state index is 15.1. The number of hydrogen-bond donors (Lipinski definition) is 1. The van der Waals surface area contributed by atoms with Crippen LogP contribution in [0, 0.1) is 11.8 Å². The maximum atomic E-state index is 15.1. The molecular weight excluding hydrogens is 616 g/mol. The third kappa shape index (κ3) is 5.08. The second kappa shape index (κ2) is 11.8. The molecule has 3 aliphatic heterocycles. The van der Waals surface area contributed by atoms with Crippen LogP contribution in [0.15, 0.2) is 79.0 Å². The quantitative estimate of drug-likeness (QED) is 0.210. The van der Waals surface area contributed by atoms with E-state index in [4.69, 9.17) is 14.2 Å². The van der Waals surface area contributed by atoms with Crippen molar-refractivity contribution in [2.45, 2.75) is 83.3 Å². The van der Waals surface area contributed by atoms with Gasteiger partial charge >= 0.3 is 0 Å². The molecule has 9 heteroatoms. The number of hydrogen-bond acceptors (Lipinski definition) is 7. The molecule has 9 nitrogen and oxygen atoms in total. The first kappa shape index (κ1) is 33.0. The van der Waals surface area contributed by atoms with Crippen LogP contribution in [0.3, 0.4) is 0 Å². The number of anilines is 1. The number of benzene rings is 3. The van der Waals surface area contributed by atoms with Crippen molar-refractivity contribution in [3.63, 3.8) is 0 Å². The molecule has 3 aromatic carbocycles. The SMILES string of the molecule is COc1ccc(C(C)(C)[C@@H]2[C@@H](CCn3cc([C@H](O)c4ccccc4)nn3)O[C@]3(C(=O)N4c5c(cc(OC)cc53)C(C)=CC4(C)C)[C@H]2C)cc1. The van der Waals surface area contributed by atoms with E-state index >= 15 is 4.79 Å². The van der Waals surface area contributed by atoms with Gasteiger partial charge in [-0.1, -0.05) is 74.5 Å². The van der Waals surface area contributed by atoms with Gasteiger partial charge in [0.15, 0.2) is 5.60 Å². The number of aliphatic hydroxyl groups is 1. The Bertz CT molecular complexity index is 1910. The van der Waals surface area contributed by atoms with Gasteiger partial charge in [0, 0.05) is 29.5 Å². The predicted molar refractivity (Wildman–Crippen MR) is 189 cm³/mol. The van der Waals surface area contributed by atoms with Crippen LogP contribution in [0.2, 0.25) is 0 Å². The molecule has 0 saturated carbocycles. The number of allylic oxidation sites excluding steroid dienone is 1. The zero-order valence-electron chi connectivity index (χ0n) is 29.6. The lowest BCUT2D eigenvalue weighted by atomic mass is 9.63. The van der Waals surface area contributed by atoms with E-state index in [9.17, 15) is 5.11 Å². The van der Waals surface area contributed by atoms with Gasteiger partial charge in [-0.15, -0.1) is 5.10 Å². The summed E-state index contributed by atoms with van der Waals surface area (Å²) >= 11 is 0. The van der Waals surface area contributed by atoms with Crippen molar-refractivity contribution in [2.24, 2.45) is 11.8 Å². The highest BCUT2D eigenvalue weighted by Gasteiger charge is 2.68. The highest BCUT2D eigenvalue weighted by Crippen LogP contribution is 2.63. The number of carbonyl (C=O) groups is 1. The van der Waals surface area contributed by atoms with E-state index in [0.29, 0.717) is 24.4 Å². The predicted octanol–water partition coefficient (Wildman–Crippen LogP) is 6.83. The van der Waals surface area contributed by atoms with E-state index in [0.717, 1.165) is 39.3 Å². The molecule has 0 bridgehead atoms. The van der Waals surface area contributed by atoms with E-state index < -0.39 is 22.7 Å². The summed E-state index contributed by atoms with van der Waals surface area (Å²) in [6, 6.07) is 21.7. The Hall–Kier alpha value is -4.47. The summed E-state index contributed by atoms with van der Waals surface area (Å²) in [6.07, 6.45) is 3.35. The van der Waals surface area contributed by atoms with Gasteiger partial charge in [-0.05, 0) is 73.6 Å². The van der Waals surface area contributed by atoms with E-state index in [1.54, 1.807) is 25.1 Å². The van der Waals surface area contributed by atoms with Crippen LogP contribution in [-0.2, 0) is 27.1 Å². The molecule has 4 aromatic rings. The molecule has 1 aromatic heterocycles. The van der Waals surface area contributed by atoms with Crippen molar-refractivity contribution in [3.8, 4) is 11.5 Å². The first-order valence-corrected chi connectivity index (χ1v) is 17.1. The normalized spacial score (nSPS) is 24.6. The van der Waals surface area contributed by atoms with E-state index in [1.807, 2.05) is 59.5 Å². The highest BCUT2D eigenvalue weighted by molar-refractivity contribution is 6.12. The molecule has 7 rings (SSSR count). The van der Waals surface area contributed by atoms with Crippen LogP contribution < -0.4 is 14.4 Å². The minimum Gasteiger partial charge on any atom is -0.497 e. The molecule has 0 unspecified atom stereocenters. The van der Waals surface area contributed by atoms with Gasteiger partial charge in [0.25, 0.3) is 5.91 Å². The van der Waals surface area contributed by atoms with Gasteiger partial charge in [-0.25, -0.2) is 0 Å². The van der Waals surface area contributed by atoms with E-state index in [1.165, 1.54) is 0 Å². The topological polar surface area (TPSA) is 98.9 Å². The number of carbonyl (C=O) groups excluding carboxylic acids is 1. The summed E-state index contributed by atoms with van der Waals surface area (Å²) < 4.78 is 20.4. The number of methoxy groups -OCH3 is 2. The number of amides is 1. The van der Waals surface area contributed by atoms with Gasteiger partial charge in [0.2, 0.25) is 0 Å². The average molecular weight is 663 g/mol. The lowest BCUT2D eigenvalue weighted by Gasteiger charge is -2.40. The third-order valence-electron chi connectivity index (χ3n) is 11.2. The summed E-state index contributed by atoms with van der Waals surface area (Å²) in [5.41, 5.74) is 4.12. The Labute approximate surface area is 288 Å². The highest BCUT2D eigenvalue weighted by atomic mass is 16.5. The molecule has 1 N–H and O–H groups in total. The second-order valence-corrected chi connectivity index (χ2v) is 14.9. The Morgan fingerprint density at radius 2 is 1.71 bits per heavy atom. The maximum Gasteiger partial charge on any atom is 0.265 e. The molecule has 0 aliphatic carbocycles. The van der Waals surface area contributed by atoms with Gasteiger partial charge in [-0.3, -0.25) is 14.4 Å². The minimum absolute atomic E-state index is 0.0368. The summed E-state index contributed by atoms with van der Waals surface area (Å²) in [5, 5.41) is 19.7. The molecule has 3 aliphatic rings. The number of aryl methyl sites for hydroxylation is 1. The smallest absolute Gasteiger partial charge is 0.265 e. The van der Waals surface area contributed by atoms with E-state index in [2.05, 4.69) is 70.1 Å². The van der Waals surface area contributed by atoms with Crippen molar-refractivity contribution < 1.29 is 24.1 Å². The molecule has 1 saturated heterocycles. The Morgan fingerprint density at radius 1 is 1.02 bits per heavy atom. The van der Waals surface area contributed by atoms with E-state index in [-0.39, 0.29) is 23.8 Å². The largest absolute Gasteiger partial charge is 0.497 e. The molecule has 1 spiro atoms. The lowest BCUT2D eigenvalue weighted by Crippen LogP contribution is -2.53. The fourth-order valence-electron chi connectivity index (χ4n) is 8.86. The van der Waals surface area contributed by atoms with Crippen LogP contribution in [0.5, 0.6) is 11.5 Å². The monoisotopic (exact) mass is 662 g/mol. The van der Waals surface area contributed by atoms with Crippen LogP contribution in [0.1, 0.15) is 82.0 Å². The van der Waals surface area contributed by atoms with Crippen molar-refractivity contribution in [1.29, 1.82) is 0 Å². The molecule has 256 valence electrons. The van der Waals surface area contributed by atoms with Gasteiger partial charge in [0.1, 0.15) is 23.3 Å². The molecule has 5 atom stereocenters. The number of nitrogens with zero attached hydrogens (tertiary/aromatic N) is 4. The Kier molecular flexibility index (Phi) is 7.99. The zero-order chi connectivity index (χ0) is 34.9. The van der Waals surface area contributed by atoms with Crippen LogP contribution in [0.25, 0.3) is 5.57 Å². The summed E-state index contributed by atoms with van der Waals surface area (Å²) in [5.74, 6) is 1.19. The summed E-state index contributed by atoms with van der Waals surface area (Å²) in [4.78, 5) is 17.1. The molecule has 1 amide bonds. The average Bonchev–Trinajstić information content (AvgIpc) is 3.76. The fraction of sp³-hybridized carbons (Fsp3) is 0.425. The number of fused-ring (bicyclic) bond motifs is 1. The Morgan fingerprint density at radius 3 is 2.39 bits per heavy atom. The fourth-order valence-corrected chi connectivity index (χ4v) is 8.86. The number of rotatable bonds is 9. The standard InChI is InChI=1S/C40H46N4O5/c1-24-22-38(3,4)44-35-30(24)20-29(48-8)21-31(35)40(37(44)46)25(2)34(39(5,6)27-14-16-28(47-7)17-15-27)33(49-40)18-19-43-23-32(41-42-43)36(45)26-12-10-9-11-13-26/h9-17,20-23,25,33-34,36,45H,18-19H2,1-8H3/t25-,33+,34-,36+,40+/m0/s1. The van der Waals surface area contributed by atoms with Gasteiger partial charge in [-0.2, -0.15) is 0 Å². The molecule has 49 heavy (non-hydrogen) atoms. The van der Waals surface area contributed by atoms with Crippen LogP contribution in [-0.4, -0.2) is 51.9 Å².